The van der Waals surface area contributed by atoms with Gasteiger partial charge in [0.15, 0.2) is 0 Å². The Morgan fingerprint density at radius 2 is 1.86 bits per heavy atom. The van der Waals surface area contributed by atoms with Crippen molar-refractivity contribution in [3.05, 3.63) is 34.1 Å². The van der Waals surface area contributed by atoms with E-state index < -0.39 is 11.7 Å². The predicted octanol–water partition coefficient (Wildman–Crippen LogP) is 2.77. The first-order chi connectivity index (χ1) is 10.2. The van der Waals surface area contributed by atoms with Gasteiger partial charge in [0, 0.05) is 13.1 Å². The van der Waals surface area contributed by atoms with Gasteiger partial charge in [-0.15, -0.1) is 0 Å². The maximum atomic E-state index is 13.1. The van der Waals surface area contributed by atoms with Gasteiger partial charge in [0.1, 0.15) is 11.4 Å². The summed E-state index contributed by atoms with van der Waals surface area (Å²) in [6.45, 7) is 5.88. The van der Waals surface area contributed by atoms with Crippen molar-refractivity contribution in [2.24, 2.45) is 0 Å². The van der Waals surface area contributed by atoms with Crippen molar-refractivity contribution in [1.29, 1.82) is 0 Å². The van der Waals surface area contributed by atoms with Crippen LogP contribution in [-0.2, 0) is 16.0 Å². The molecule has 5 nitrogen and oxygen atoms in total. The number of carbonyl (C=O) groups excluding carboxylic acids is 2. The number of hydrogen-bond acceptors (Lipinski definition) is 3. The third-order valence-electron chi connectivity index (χ3n) is 2.46. The fourth-order valence-corrected chi connectivity index (χ4v) is 2.00. The Morgan fingerprint density at radius 1 is 1.23 bits per heavy atom. The van der Waals surface area contributed by atoms with Crippen LogP contribution in [0.1, 0.15) is 26.3 Å². The Hall–Kier alpha value is -1.63. The van der Waals surface area contributed by atoms with Crippen LogP contribution in [0.2, 0.25) is 0 Å². The van der Waals surface area contributed by atoms with Crippen molar-refractivity contribution >= 4 is 27.9 Å². The van der Waals surface area contributed by atoms with Gasteiger partial charge >= 0.3 is 6.09 Å². The Bertz CT molecular complexity index is 544. The number of alkyl carbamates (subject to hydrolysis) is 1. The molecule has 0 heterocycles. The van der Waals surface area contributed by atoms with E-state index >= 15 is 0 Å². The summed E-state index contributed by atoms with van der Waals surface area (Å²) in [6, 6.07) is 4.42. The summed E-state index contributed by atoms with van der Waals surface area (Å²) < 4.78 is 18.5. The molecule has 0 unspecified atom stereocenters. The number of nitrogens with one attached hydrogen (secondary N) is 2. The van der Waals surface area contributed by atoms with Crippen LogP contribution in [0, 0.1) is 5.82 Å². The van der Waals surface area contributed by atoms with Crippen LogP contribution < -0.4 is 10.6 Å². The molecule has 1 rings (SSSR count). The van der Waals surface area contributed by atoms with Gasteiger partial charge in [-0.1, -0.05) is 6.07 Å². The van der Waals surface area contributed by atoms with Gasteiger partial charge in [-0.3, -0.25) is 4.79 Å². The van der Waals surface area contributed by atoms with Gasteiger partial charge in [-0.2, -0.15) is 0 Å². The molecule has 22 heavy (non-hydrogen) atoms. The molecule has 0 aliphatic rings. The van der Waals surface area contributed by atoms with E-state index in [0.717, 1.165) is 0 Å². The molecule has 2 amide bonds. The number of rotatable bonds is 5. The minimum Gasteiger partial charge on any atom is -0.444 e. The molecular formula is C15H20BrFN2O3. The predicted molar refractivity (Wildman–Crippen MR) is 85.1 cm³/mol. The Kier molecular flexibility index (Phi) is 6.80. The maximum Gasteiger partial charge on any atom is 0.407 e. The Morgan fingerprint density at radius 3 is 2.45 bits per heavy atom. The number of benzene rings is 1. The van der Waals surface area contributed by atoms with E-state index in [1.54, 1.807) is 32.9 Å². The molecule has 0 fully saturated rings. The minimum atomic E-state index is -0.552. The van der Waals surface area contributed by atoms with E-state index in [1.165, 1.54) is 6.07 Å². The second-order valence-corrected chi connectivity index (χ2v) is 6.56. The summed E-state index contributed by atoms with van der Waals surface area (Å²) in [6.07, 6.45) is -0.380. The highest BCUT2D eigenvalue weighted by atomic mass is 79.9. The standard InChI is InChI=1S/C15H20BrFN2O3/c1-15(2,3)22-14(21)19-7-6-18-13(20)9-10-4-5-12(17)11(16)8-10/h4-5,8H,6-7,9H2,1-3H3,(H,18,20)(H,19,21). The second kappa shape index (κ2) is 8.12. The van der Waals surface area contributed by atoms with E-state index in [-0.39, 0.29) is 24.7 Å². The molecular weight excluding hydrogens is 355 g/mol. The van der Waals surface area contributed by atoms with E-state index in [2.05, 4.69) is 26.6 Å². The average Bonchev–Trinajstić information content (AvgIpc) is 2.37. The Labute approximate surface area is 137 Å². The quantitative estimate of drug-likeness (QED) is 0.778. The van der Waals surface area contributed by atoms with E-state index in [9.17, 15) is 14.0 Å². The van der Waals surface area contributed by atoms with Crippen molar-refractivity contribution in [2.75, 3.05) is 13.1 Å². The third-order valence-corrected chi connectivity index (χ3v) is 3.07. The van der Waals surface area contributed by atoms with Crippen molar-refractivity contribution in [3.8, 4) is 0 Å². The normalized spacial score (nSPS) is 11.0. The highest BCUT2D eigenvalue weighted by Gasteiger charge is 2.15. The highest BCUT2D eigenvalue weighted by Crippen LogP contribution is 2.17. The zero-order valence-electron chi connectivity index (χ0n) is 12.8. The van der Waals surface area contributed by atoms with Crippen LogP contribution in [0.3, 0.4) is 0 Å². The topological polar surface area (TPSA) is 67.4 Å². The summed E-state index contributed by atoms with van der Waals surface area (Å²) in [5, 5.41) is 5.21. The van der Waals surface area contributed by atoms with Crippen molar-refractivity contribution in [2.45, 2.75) is 32.8 Å². The molecule has 0 atom stereocenters. The van der Waals surface area contributed by atoms with Gasteiger partial charge < -0.3 is 15.4 Å². The van der Waals surface area contributed by atoms with Crippen LogP contribution in [0.5, 0.6) is 0 Å². The zero-order valence-corrected chi connectivity index (χ0v) is 14.4. The lowest BCUT2D eigenvalue weighted by Crippen LogP contribution is -2.38. The van der Waals surface area contributed by atoms with Crippen molar-refractivity contribution in [1.82, 2.24) is 10.6 Å². The van der Waals surface area contributed by atoms with Crippen molar-refractivity contribution in [3.63, 3.8) is 0 Å². The van der Waals surface area contributed by atoms with Crippen LogP contribution >= 0.6 is 15.9 Å². The number of carbonyl (C=O) groups is 2. The molecule has 122 valence electrons. The lowest BCUT2D eigenvalue weighted by Gasteiger charge is -2.19. The summed E-state index contributed by atoms with van der Waals surface area (Å²) in [5.41, 5.74) is 0.148. The summed E-state index contributed by atoms with van der Waals surface area (Å²) in [7, 11) is 0. The van der Waals surface area contributed by atoms with Gasteiger partial charge in [0.2, 0.25) is 5.91 Å². The fraction of sp³-hybridized carbons (Fsp3) is 0.467. The van der Waals surface area contributed by atoms with Crippen LogP contribution in [0.25, 0.3) is 0 Å². The van der Waals surface area contributed by atoms with Gasteiger partial charge in [0.25, 0.3) is 0 Å². The first-order valence-corrected chi connectivity index (χ1v) is 7.64. The number of hydrogen-bond donors (Lipinski definition) is 2. The molecule has 2 N–H and O–H groups in total. The monoisotopic (exact) mass is 374 g/mol. The first kappa shape index (κ1) is 18.4. The highest BCUT2D eigenvalue weighted by molar-refractivity contribution is 9.10. The molecule has 0 spiro atoms. The smallest absolute Gasteiger partial charge is 0.407 e. The number of halogens is 2. The van der Waals surface area contributed by atoms with Gasteiger partial charge in [-0.05, 0) is 54.4 Å². The molecule has 0 saturated heterocycles. The summed E-state index contributed by atoms with van der Waals surface area (Å²) in [5.74, 6) is -0.574. The van der Waals surface area contributed by atoms with Crippen LogP contribution in [-0.4, -0.2) is 30.7 Å². The SMILES string of the molecule is CC(C)(C)OC(=O)NCCNC(=O)Cc1ccc(F)c(Br)c1. The lowest BCUT2D eigenvalue weighted by molar-refractivity contribution is -0.120. The lowest BCUT2D eigenvalue weighted by atomic mass is 10.1. The maximum absolute atomic E-state index is 13.1. The molecule has 0 aliphatic carbocycles. The number of ether oxygens (including phenoxy) is 1. The minimum absolute atomic E-state index is 0.144. The first-order valence-electron chi connectivity index (χ1n) is 6.85. The molecule has 1 aromatic rings. The largest absolute Gasteiger partial charge is 0.444 e. The zero-order chi connectivity index (χ0) is 16.8. The fourth-order valence-electron chi connectivity index (χ4n) is 1.58. The van der Waals surface area contributed by atoms with E-state index in [0.29, 0.717) is 16.6 Å². The molecule has 0 aromatic heterocycles. The molecule has 0 bridgehead atoms. The van der Waals surface area contributed by atoms with E-state index in [4.69, 9.17) is 4.74 Å². The molecule has 1 aromatic carbocycles. The summed E-state index contributed by atoms with van der Waals surface area (Å²) in [4.78, 5) is 23.1. The molecule has 0 saturated carbocycles. The van der Waals surface area contributed by atoms with Crippen LogP contribution in [0.15, 0.2) is 22.7 Å². The molecule has 0 aliphatic heterocycles. The second-order valence-electron chi connectivity index (χ2n) is 5.70. The van der Waals surface area contributed by atoms with E-state index in [1.807, 2.05) is 0 Å². The van der Waals surface area contributed by atoms with Gasteiger partial charge in [0.05, 0.1) is 10.9 Å². The molecule has 0 radical (unpaired) electrons. The molecule has 7 heteroatoms. The average molecular weight is 375 g/mol. The Balaban J connectivity index is 2.26. The van der Waals surface area contributed by atoms with Crippen molar-refractivity contribution < 1.29 is 18.7 Å². The number of amides is 2. The van der Waals surface area contributed by atoms with Crippen LogP contribution in [0.4, 0.5) is 9.18 Å². The third kappa shape index (κ3) is 7.40. The van der Waals surface area contributed by atoms with Gasteiger partial charge in [-0.25, -0.2) is 9.18 Å². The summed E-state index contributed by atoms with van der Waals surface area (Å²) >= 11 is 3.07.